The van der Waals surface area contributed by atoms with E-state index in [-0.39, 0.29) is 0 Å². The first-order valence-electron chi connectivity index (χ1n) is 9.03. The highest BCUT2D eigenvalue weighted by Crippen LogP contribution is 2.52. The summed E-state index contributed by atoms with van der Waals surface area (Å²) in [6.07, 6.45) is 8.74. The molecule has 0 saturated carbocycles. The lowest BCUT2D eigenvalue weighted by atomic mass is 9.21. The minimum Gasteiger partial charge on any atom is -0.0622 e. The molecule has 0 spiro atoms. The largest absolute Gasteiger partial charge is 0.160 e. The van der Waals surface area contributed by atoms with Gasteiger partial charge in [0.05, 0.1) is 0 Å². The lowest BCUT2D eigenvalue weighted by molar-refractivity contribution is 0.438. The highest BCUT2D eigenvalue weighted by molar-refractivity contribution is 6.65. The molecule has 2 saturated heterocycles. The number of rotatable bonds is 3. The van der Waals surface area contributed by atoms with Crippen LogP contribution in [0.1, 0.15) is 55.5 Å². The Balaban J connectivity index is 1.77. The van der Waals surface area contributed by atoms with Gasteiger partial charge in [0.2, 0.25) is 0 Å². The van der Waals surface area contributed by atoms with Gasteiger partial charge in [-0.25, -0.2) is 0 Å². The van der Waals surface area contributed by atoms with Crippen LogP contribution in [0.15, 0.2) is 60.7 Å². The third-order valence-corrected chi connectivity index (χ3v) is 6.09. The Labute approximate surface area is 135 Å². The molecule has 2 fully saturated rings. The lowest BCUT2D eigenvalue weighted by Gasteiger charge is -2.44. The van der Waals surface area contributed by atoms with E-state index >= 15 is 0 Å². The molecule has 2 heterocycles. The predicted molar refractivity (Wildman–Crippen MR) is 95.7 cm³/mol. The Morgan fingerprint density at radius 1 is 0.636 bits per heavy atom. The molecule has 2 aromatic rings. The molecule has 2 aliphatic heterocycles. The van der Waals surface area contributed by atoms with E-state index in [9.17, 15) is 0 Å². The Bertz CT molecular complexity index is 530. The maximum absolute atomic E-state index is 2.35. The van der Waals surface area contributed by atoms with E-state index in [0.29, 0.717) is 5.82 Å². The van der Waals surface area contributed by atoms with E-state index in [0.717, 1.165) is 18.3 Å². The molecule has 0 unspecified atom stereocenters. The van der Waals surface area contributed by atoms with Crippen LogP contribution in [-0.2, 0) is 0 Å². The Morgan fingerprint density at radius 3 is 1.45 bits per heavy atom. The van der Waals surface area contributed by atoms with Crippen LogP contribution in [0.3, 0.4) is 0 Å². The molecule has 0 radical (unpaired) electrons. The van der Waals surface area contributed by atoms with E-state index in [1.807, 2.05) is 0 Å². The first kappa shape index (κ1) is 14.1. The van der Waals surface area contributed by atoms with Crippen molar-refractivity contribution < 1.29 is 0 Å². The van der Waals surface area contributed by atoms with Crippen LogP contribution in [-0.4, -0.2) is 6.71 Å². The molecule has 0 aliphatic carbocycles. The van der Waals surface area contributed by atoms with E-state index in [1.165, 1.54) is 49.7 Å². The predicted octanol–water partition coefficient (Wildman–Crippen LogP) is 5.96. The van der Waals surface area contributed by atoms with Gasteiger partial charge in [0.1, 0.15) is 0 Å². The fraction of sp³-hybridized carbons (Fsp3) is 0.429. The van der Waals surface area contributed by atoms with Crippen LogP contribution in [0.2, 0.25) is 11.6 Å². The summed E-state index contributed by atoms with van der Waals surface area (Å²) in [5.41, 5.74) is 3.05. The van der Waals surface area contributed by atoms with Gasteiger partial charge < -0.3 is 0 Å². The number of benzene rings is 2. The fourth-order valence-corrected chi connectivity index (χ4v) is 5.23. The molecular formula is C21H25B. The summed E-state index contributed by atoms with van der Waals surface area (Å²) in [7, 11) is 0. The van der Waals surface area contributed by atoms with Gasteiger partial charge in [0.25, 0.3) is 0 Å². The molecule has 0 atom stereocenters. The van der Waals surface area contributed by atoms with Gasteiger partial charge in [-0.05, 0) is 16.9 Å². The van der Waals surface area contributed by atoms with E-state index in [4.69, 9.17) is 0 Å². The summed E-state index contributed by atoms with van der Waals surface area (Å²) in [6, 6.07) is 22.5. The molecule has 2 aliphatic rings. The third kappa shape index (κ3) is 2.62. The summed E-state index contributed by atoms with van der Waals surface area (Å²) in [4.78, 5) is 0. The topological polar surface area (TPSA) is 0 Å². The molecular weight excluding hydrogens is 263 g/mol. The maximum Gasteiger partial charge on any atom is 0.160 e. The number of hydrogen-bond donors (Lipinski definition) is 0. The summed E-state index contributed by atoms with van der Waals surface area (Å²) in [5.74, 6) is 2.48. The average molecular weight is 288 g/mol. The van der Waals surface area contributed by atoms with Crippen LogP contribution >= 0.6 is 0 Å². The lowest BCUT2D eigenvalue weighted by Crippen LogP contribution is -2.40. The zero-order valence-corrected chi connectivity index (χ0v) is 13.3. The van der Waals surface area contributed by atoms with Gasteiger partial charge in [-0.2, -0.15) is 0 Å². The van der Waals surface area contributed by atoms with Crippen molar-refractivity contribution in [2.45, 2.75) is 56.0 Å². The fourth-order valence-electron chi connectivity index (χ4n) is 5.23. The summed E-state index contributed by atoms with van der Waals surface area (Å²) >= 11 is 0. The second-order valence-corrected chi connectivity index (χ2v) is 7.26. The van der Waals surface area contributed by atoms with Crippen LogP contribution < -0.4 is 0 Å². The molecule has 0 nitrogen and oxygen atoms in total. The van der Waals surface area contributed by atoms with Crippen molar-refractivity contribution >= 4 is 6.71 Å². The van der Waals surface area contributed by atoms with E-state index < -0.39 is 0 Å². The summed E-state index contributed by atoms with van der Waals surface area (Å²) in [5, 5.41) is 0. The molecule has 2 bridgehead atoms. The second kappa shape index (κ2) is 6.32. The second-order valence-electron chi connectivity index (χ2n) is 7.26. The normalized spacial score (nSPS) is 24.5. The highest BCUT2D eigenvalue weighted by Gasteiger charge is 2.44. The van der Waals surface area contributed by atoms with Crippen LogP contribution in [0.5, 0.6) is 0 Å². The van der Waals surface area contributed by atoms with E-state index in [2.05, 4.69) is 60.7 Å². The molecule has 112 valence electrons. The zero-order valence-electron chi connectivity index (χ0n) is 13.3. The Morgan fingerprint density at radius 2 is 1.05 bits per heavy atom. The molecule has 1 heteroatoms. The Hall–Kier alpha value is -1.50. The zero-order chi connectivity index (χ0) is 14.8. The average Bonchev–Trinajstić information content (AvgIpc) is 2.57. The van der Waals surface area contributed by atoms with Crippen molar-refractivity contribution in [3.63, 3.8) is 0 Å². The van der Waals surface area contributed by atoms with Crippen molar-refractivity contribution in [3.05, 3.63) is 71.8 Å². The van der Waals surface area contributed by atoms with Gasteiger partial charge >= 0.3 is 0 Å². The first-order valence-corrected chi connectivity index (χ1v) is 9.03. The van der Waals surface area contributed by atoms with Gasteiger partial charge in [0, 0.05) is 0 Å². The van der Waals surface area contributed by atoms with Crippen molar-refractivity contribution in [1.29, 1.82) is 0 Å². The standard InChI is InChI=1S/C21H25B/c1-3-9-17(10-4-1)21(18-11-5-2-6-12-18)22-19-13-7-14-20(22)16-8-15-19/h1-6,9-12,19-21H,7-8,13-16H2. The molecule has 2 aromatic carbocycles. The monoisotopic (exact) mass is 288 g/mol. The van der Waals surface area contributed by atoms with Gasteiger partial charge in [-0.1, -0.05) is 111 Å². The molecule has 0 N–H and O–H groups in total. The molecule has 4 rings (SSSR count). The van der Waals surface area contributed by atoms with Crippen LogP contribution in [0.4, 0.5) is 0 Å². The third-order valence-electron chi connectivity index (χ3n) is 6.09. The quantitative estimate of drug-likeness (QED) is 0.611. The van der Waals surface area contributed by atoms with Crippen LogP contribution in [0.25, 0.3) is 0 Å². The highest BCUT2D eigenvalue weighted by atomic mass is 14.3. The molecule has 0 amide bonds. The van der Waals surface area contributed by atoms with Gasteiger partial charge in [-0.3, -0.25) is 0 Å². The van der Waals surface area contributed by atoms with E-state index in [1.54, 1.807) is 0 Å². The minimum atomic E-state index is 0.595. The van der Waals surface area contributed by atoms with Gasteiger partial charge in [-0.15, -0.1) is 0 Å². The summed E-state index contributed by atoms with van der Waals surface area (Å²) in [6.45, 7) is 0.854. The number of hydrogen-bond acceptors (Lipinski definition) is 0. The summed E-state index contributed by atoms with van der Waals surface area (Å²) < 4.78 is 0. The van der Waals surface area contributed by atoms with Crippen molar-refractivity contribution in [2.75, 3.05) is 0 Å². The first-order chi connectivity index (χ1) is 10.9. The SMILES string of the molecule is c1ccc(C(B2C3CCCC2CCC3)c2ccccc2)cc1. The molecule has 0 aromatic heterocycles. The van der Waals surface area contributed by atoms with Gasteiger partial charge in [0.15, 0.2) is 6.71 Å². The minimum absolute atomic E-state index is 0.595. The van der Waals surface area contributed by atoms with Crippen molar-refractivity contribution in [1.82, 2.24) is 0 Å². The molecule has 22 heavy (non-hydrogen) atoms. The van der Waals surface area contributed by atoms with Crippen molar-refractivity contribution in [2.24, 2.45) is 0 Å². The number of fused-ring (bicyclic) bond motifs is 2. The Kier molecular flexibility index (Phi) is 4.06. The van der Waals surface area contributed by atoms with Crippen LogP contribution in [0, 0.1) is 0 Å². The van der Waals surface area contributed by atoms with Crippen molar-refractivity contribution in [3.8, 4) is 0 Å². The maximum atomic E-state index is 2.35. The smallest absolute Gasteiger partial charge is 0.0622 e.